The number of aromatic nitrogens is 1. The van der Waals surface area contributed by atoms with Crippen molar-refractivity contribution in [1.29, 1.82) is 0 Å². The summed E-state index contributed by atoms with van der Waals surface area (Å²) in [5, 5.41) is 5.09. The zero-order valence-electron chi connectivity index (χ0n) is 16.8. The van der Waals surface area contributed by atoms with Crippen LogP contribution in [-0.2, 0) is 16.9 Å². The second-order valence-corrected chi connectivity index (χ2v) is 7.54. The van der Waals surface area contributed by atoms with E-state index in [4.69, 9.17) is 14.9 Å². The van der Waals surface area contributed by atoms with Crippen LogP contribution in [0.2, 0.25) is 0 Å². The molecule has 4 N–H and O–H groups in total. The Hall–Kier alpha value is -4.41. The number of furan rings is 1. The molecule has 2 aliphatic heterocycles. The Bertz CT molecular complexity index is 1330. The van der Waals surface area contributed by atoms with Gasteiger partial charge in [0.25, 0.3) is 17.7 Å². The number of methoxy groups -OCH3 is 1. The molecule has 0 radical (unpaired) electrons. The predicted molar refractivity (Wildman–Crippen MR) is 109 cm³/mol. The van der Waals surface area contributed by atoms with Gasteiger partial charge in [0.15, 0.2) is 5.54 Å². The fourth-order valence-electron chi connectivity index (χ4n) is 4.11. The van der Waals surface area contributed by atoms with Crippen molar-refractivity contribution in [1.82, 2.24) is 20.5 Å². The lowest BCUT2D eigenvalue weighted by atomic mass is 9.95. The zero-order valence-corrected chi connectivity index (χ0v) is 16.8. The van der Waals surface area contributed by atoms with E-state index in [-0.39, 0.29) is 36.0 Å². The molecule has 32 heavy (non-hydrogen) atoms. The first-order chi connectivity index (χ1) is 15.3. The molecule has 0 saturated carbocycles. The lowest BCUT2D eigenvalue weighted by molar-refractivity contribution is -0.125. The van der Waals surface area contributed by atoms with Gasteiger partial charge in [-0.15, -0.1) is 0 Å². The molecule has 3 aromatic rings. The molecule has 11 nitrogen and oxygen atoms in total. The van der Waals surface area contributed by atoms with Crippen molar-refractivity contribution in [3.8, 4) is 5.75 Å². The van der Waals surface area contributed by atoms with Crippen LogP contribution in [0.25, 0.3) is 11.0 Å². The van der Waals surface area contributed by atoms with Crippen molar-refractivity contribution >= 4 is 34.7 Å². The standard InChI is InChI=1S/C21H17N5O6/c1-31-11-3-2-10-8-26(18(28)12(10)6-11)9-21(19(29)24-20(30)25-21)15-7-13-14(32-15)4-5-23-16(13)17(22)27/h2-7H,8-9H2,1H3,(H2,22,27)(H2,24,25,29,30). The van der Waals surface area contributed by atoms with E-state index in [2.05, 4.69) is 15.6 Å². The van der Waals surface area contributed by atoms with Crippen molar-refractivity contribution in [2.45, 2.75) is 12.1 Å². The SMILES string of the molecule is COc1ccc2c(c1)C(=O)N(CC1(c3cc4c(C(N)=O)nccc4o3)NC(=O)NC1=O)C2. The topological polar surface area (TPSA) is 157 Å². The molecule has 4 heterocycles. The van der Waals surface area contributed by atoms with Crippen LogP contribution in [0.1, 0.15) is 32.2 Å². The number of carbonyl (C=O) groups excluding carboxylic acids is 4. The van der Waals surface area contributed by atoms with E-state index in [1.165, 1.54) is 30.3 Å². The van der Waals surface area contributed by atoms with Gasteiger partial charge in [0.2, 0.25) is 0 Å². The fraction of sp³-hybridized carbons (Fsp3) is 0.190. The highest BCUT2D eigenvalue weighted by Gasteiger charge is 2.53. The van der Waals surface area contributed by atoms with Crippen LogP contribution in [0.4, 0.5) is 4.79 Å². The Morgan fingerprint density at radius 3 is 2.78 bits per heavy atom. The summed E-state index contributed by atoms with van der Waals surface area (Å²) in [7, 11) is 1.50. The normalized spacial score (nSPS) is 19.8. The average molecular weight is 435 g/mol. The number of imide groups is 1. The van der Waals surface area contributed by atoms with E-state index >= 15 is 0 Å². The zero-order chi connectivity index (χ0) is 22.6. The van der Waals surface area contributed by atoms with Gasteiger partial charge in [-0.25, -0.2) is 4.79 Å². The molecule has 162 valence electrons. The number of ether oxygens (including phenoxy) is 1. The Balaban J connectivity index is 1.57. The quantitative estimate of drug-likeness (QED) is 0.496. The second kappa shape index (κ2) is 6.80. The number of rotatable bonds is 5. The van der Waals surface area contributed by atoms with Crippen LogP contribution < -0.4 is 21.1 Å². The third-order valence-electron chi connectivity index (χ3n) is 5.66. The third-order valence-corrected chi connectivity index (χ3v) is 5.66. The van der Waals surface area contributed by atoms with Gasteiger partial charge in [0, 0.05) is 18.3 Å². The van der Waals surface area contributed by atoms with Gasteiger partial charge in [-0.1, -0.05) is 6.07 Å². The second-order valence-electron chi connectivity index (χ2n) is 7.54. The molecule has 2 aliphatic rings. The van der Waals surface area contributed by atoms with Crippen molar-refractivity contribution in [2.75, 3.05) is 13.7 Å². The maximum Gasteiger partial charge on any atom is 0.322 e. The van der Waals surface area contributed by atoms with E-state index < -0.39 is 23.4 Å². The van der Waals surface area contributed by atoms with Crippen molar-refractivity contribution < 1.29 is 28.3 Å². The van der Waals surface area contributed by atoms with Crippen LogP contribution in [-0.4, -0.2) is 47.3 Å². The van der Waals surface area contributed by atoms with Gasteiger partial charge in [-0.2, -0.15) is 0 Å². The molecule has 2 aromatic heterocycles. The Labute approximate surface area is 180 Å². The van der Waals surface area contributed by atoms with E-state index in [0.717, 1.165) is 5.56 Å². The van der Waals surface area contributed by atoms with Crippen LogP contribution in [0.5, 0.6) is 5.75 Å². The molecule has 1 atom stereocenters. The lowest BCUT2D eigenvalue weighted by Gasteiger charge is -2.29. The van der Waals surface area contributed by atoms with E-state index in [0.29, 0.717) is 16.7 Å². The number of nitrogens with zero attached hydrogens (tertiary/aromatic N) is 2. The molecule has 1 unspecified atom stereocenters. The van der Waals surface area contributed by atoms with Crippen molar-refractivity contribution in [3.63, 3.8) is 0 Å². The van der Waals surface area contributed by atoms with Crippen LogP contribution >= 0.6 is 0 Å². The van der Waals surface area contributed by atoms with Crippen LogP contribution in [0.3, 0.4) is 0 Å². The molecule has 5 amide bonds. The minimum absolute atomic E-state index is 0.0332. The Morgan fingerprint density at radius 1 is 1.28 bits per heavy atom. The monoisotopic (exact) mass is 435 g/mol. The highest BCUT2D eigenvalue weighted by molar-refractivity contribution is 6.09. The third kappa shape index (κ3) is 2.78. The van der Waals surface area contributed by atoms with Crippen LogP contribution in [0.15, 0.2) is 40.9 Å². The number of primary amides is 1. The highest BCUT2D eigenvalue weighted by Crippen LogP contribution is 2.35. The van der Waals surface area contributed by atoms with Gasteiger partial charge in [0.05, 0.1) is 19.0 Å². The first-order valence-electron chi connectivity index (χ1n) is 9.61. The summed E-state index contributed by atoms with van der Waals surface area (Å²) >= 11 is 0. The number of benzene rings is 1. The molecule has 1 fully saturated rings. The first kappa shape index (κ1) is 19.5. The molecule has 0 bridgehead atoms. The minimum atomic E-state index is -1.70. The first-order valence-corrected chi connectivity index (χ1v) is 9.61. The molecule has 11 heteroatoms. The van der Waals surface area contributed by atoms with Crippen molar-refractivity contribution in [3.05, 3.63) is 59.1 Å². The van der Waals surface area contributed by atoms with Gasteiger partial charge in [0.1, 0.15) is 22.8 Å². The van der Waals surface area contributed by atoms with E-state index in [1.807, 2.05) is 0 Å². The number of nitrogens with two attached hydrogens (primary N) is 1. The molecular weight excluding hydrogens is 418 g/mol. The van der Waals surface area contributed by atoms with Gasteiger partial charge in [-0.05, 0) is 29.8 Å². The summed E-state index contributed by atoms with van der Waals surface area (Å²) in [6.45, 7) is 0.0386. The van der Waals surface area contributed by atoms with Crippen LogP contribution in [0, 0.1) is 0 Å². The summed E-state index contributed by atoms with van der Waals surface area (Å²) < 4.78 is 11.0. The number of pyridine rings is 1. The minimum Gasteiger partial charge on any atom is -0.497 e. The lowest BCUT2D eigenvalue weighted by Crippen LogP contribution is -2.52. The van der Waals surface area contributed by atoms with Crippen molar-refractivity contribution in [2.24, 2.45) is 5.73 Å². The number of carbonyl (C=O) groups is 4. The number of hydrogen-bond donors (Lipinski definition) is 3. The number of nitrogens with one attached hydrogen (secondary N) is 2. The summed E-state index contributed by atoms with van der Waals surface area (Å²) in [5.41, 5.74) is 5.14. The largest absolute Gasteiger partial charge is 0.497 e. The maximum atomic E-state index is 13.1. The molecule has 5 rings (SSSR count). The summed E-state index contributed by atoms with van der Waals surface area (Å²) in [6, 6.07) is 7.37. The Kier molecular flexibility index (Phi) is 4.16. The number of fused-ring (bicyclic) bond motifs is 2. The van der Waals surface area contributed by atoms with E-state index in [9.17, 15) is 19.2 Å². The smallest absolute Gasteiger partial charge is 0.322 e. The van der Waals surface area contributed by atoms with E-state index in [1.54, 1.807) is 18.2 Å². The maximum absolute atomic E-state index is 13.1. The molecule has 0 aliphatic carbocycles. The Morgan fingerprint density at radius 2 is 2.09 bits per heavy atom. The average Bonchev–Trinajstić information content (AvgIpc) is 3.42. The highest BCUT2D eigenvalue weighted by atomic mass is 16.5. The fourth-order valence-corrected chi connectivity index (χ4v) is 4.11. The summed E-state index contributed by atoms with van der Waals surface area (Å²) in [5.74, 6) is -1.19. The predicted octanol–water partition coefficient (Wildman–Crippen LogP) is 0.626. The van der Waals surface area contributed by atoms with Gasteiger partial charge in [-0.3, -0.25) is 24.7 Å². The number of urea groups is 1. The molecule has 1 saturated heterocycles. The molecule has 0 spiro atoms. The van der Waals surface area contributed by atoms with Gasteiger partial charge >= 0.3 is 6.03 Å². The molecule has 1 aromatic carbocycles. The summed E-state index contributed by atoms with van der Waals surface area (Å²) in [4.78, 5) is 55.3. The van der Waals surface area contributed by atoms with Gasteiger partial charge < -0.3 is 25.1 Å². The summed E-state index contributed by atoms with van der Waals surface area (Å²) in [6.07, 6.45) is 1.35. The molecular formula is C21H17N5O6. The number of hydrogen-bond acceptors (Lipinski definition) is 7. The number of amides is 5.